The van der Waals surface area contributed by atoms with Crippen LogP contribution in [0.1, 0.15) is 34.3 Å². The van der Waals surface area contributed by atoms with E-state index >= 15 is 0 Å². The molecular formula is C22H19N3O3. The Labute approximate surface area is 161 Å². The lowest BCUT2D eigenvalue weighted by molar-refractivity contribution is -0.131. The van der Waals surface area contributed by atoms with Crippen molar-refractivity contribution < 1.29 is 14.4 Å². The van der Waals surface area contributed by atoms with Gasteiger partial charge in [-0.1, -0.05) is 42.5 Å². The number of benzene rings is 2. The Kier molecular flexibility index (Phi) is 3.62. The fourth-order valence-electron chi connectivity index (χ4n) is 4.49. The number of nitrogens with one attached hydrogen (secondary N) is 2. The number of amides is 3. The quantitative estimate of drug-likeness (QED) is 0.547. The van der Waals surface area contributed by atoms with E-state index in [4.69, 9.17) is 0 Å². The van der Waals surface area contributed by atoms with E-state index in [0.717, 1.165) is 39.8 Å². The van der Waals surface area contributed by atoms with E-state index in [1.807, 2.05) is 48.5 Å². The summed E-state index contributed by atoms with van der Waals surface area (Å²) in [7, 11) is 0. The molecule has 3 amide bonds. The summed E-state index contributed by atoms with van der Waals surface area (Å²) in [4.78, 5) is 43.0. The van der Waals surface area contributed by atoms with Crippen LogP contribution in [0.4, 0.5) is 4.79 Å². The Hall–Kier alpha value is -3.41. The highest BCUT2D eigenvalue weighted by atomic mass is 16.2. The molecule has 0 radical (unpaired) electrons. The summed E-state index contributed by atoms with van der Waals surface area (Å²) in [5.41, 5.74) is 2.21. The lowest BCUT2D eigenvalue weighted by Crippen LogP contribution is -2.46. The topological polar surface area (TPSA) is 82.3 Å². The van der Waals surface area contributed by atoms with Crippen LogP contribution in [0.25, 0.3) is 10.9 Å². The molecule has 0 unspecified atom stereocenters. The molecule has 6 heteroatoms. The summed E-state index contributed by atoms with van der Waals surface area (Å²) in [6.45, 7) is -0.267. The third-order valence-corrected chi connectivity index (χ3v) is 5.84. The first-order valence-electron chi connectivity index (χ1n) is 9.42. The van der Waals surface area contributed by atoms with Crippen molar-refractivity contribution in [3.63, 3.8) is 0 Å². The second-order valence-corrected chi connectivity index (χ2v) is 7.41. The van der Waals surface area contributed by atoms with Crippen LogP contribution >= 0.6 is 0 Å². The monoisotopic (exact) mass is 373 g/mol. The van der Waals surface area contributed by atoms with Crippen molar-refractivity contribution in [1.29, 1.82) is 0 Å². The average molecular weight is 373 g/mol. The van der Waals surface area contributed by atoms with Crippen molar-refractivity contribution >= 4 is 28.6 Å². The van der Waals surface area contributed by atoms with Crippen LogP contribution < -0.4 is 5.32 Å². The van der Waals surface area contributed by atoms with E-state index in [2.05, 4.69) is 10.3 Å². The maximum Gasteiger partial charge on any atom is 0.325 e. The molecule has 2 heterocycles. The molecule has 1 aliphatic heterocycles. The number of aryl methyl sites for hydroxylation is 1. The second-order valence-electron chi connectivity index (χ2n) is 7.41. The fraction of sp³-hybridized carbons (Fsp3) is 0.227. The largest absolute Gasteiger partial charge is 0.360 e. The molecule has 28 heavy (non-hydrogen) atoms. The summed E-state index contributed by atoms with van der Waals surface area (Å²) < 4.78 is 0. The standard InChI is InChI=1S/C22H19N3O3/c26-19(16-12-23-18-10-4-2-8-15(16)18)13-25-20(27)22(24-21(25)28)11-5-7-14-6-1-3-9-17(14)22/h1-4,6,8-10,12,23H,5,7,11,13H2,(H,24,28)/t22-/m1/s1. The number of carbonyl (C=O) groups is 3. The van der Waals surface area contributed by atoms with Crippen LogP contribution in [-0.2, 0) is 16.8 Å². The molecule has 5 rings (SSSR count). The molecule has 3 aromatic rings. The normalized spacial score (nSPS) is 21.2. The molecule has 6 nitrogen and oxygen atoms in total. The molecule has 140 valence electrons. The van der Waals surface area contributed by atoms with Crippen LogP contribution in [0.15, 0.2) is 54.7 Å². The van der Waals surface area contributed by atoms with E-state index < -0.39 is 11.6 Å². The molecule has 2 aromatic carbocycles. The van der Waals surface area contributed by atoms with E-state index in [0.29, 0.717) is 12.0 Å². The predicted molar refractivity (Wildman–Crippen MR) is 104 cm³/mol. The molecule has 1 spiro atoms. The summed E-state index contributed by atoms with van der Waals surface area (Å²) in [5.74, 6) is -0.597. The lowest BCUT2D eigenvalue weighted by Gasteiger charge is -2.33. The van der Waals surface area contributed by atoms with Crippen molar-refractivity contribution in [2.75, 3.05) is 6.54 Å². The van der Waals surface area contributed by atoms with Crippen LogP contribution in [0, 0.1) is 0 Å². The SMILES string of the molecule is O=C(CN1C(=O)N[C@@]2(CCCc3ccccc32)C1=O)c1c[nH]c2ccccc12. The van der Waals surface area contributed by atoms with Gasteiger partial charge in [-0.3, -0.25) is 14.5 Å². The van der Waals surface area contributed by atoms with E-state index in [1.165, 1.54) is 0 Å². The van der Waals surface area contributed by atoms with Gasteiger partial charge in [-0.2, -0.15) is 0 Å². The van der Waals surface area contributed by atoms with Gasteiger partial charge in [0.05, 0.1) is 6.54 Å². The minimum Gasteiger partial charge on any atom is -0.360 e. The smallest absolute Gasteiger partial charge is 0.325 e. The molecule has 1 atom stereocenters. The Morgan fingerprint density at radius 3 is 2.75 bits per heavy atom. The van der Waals surface area contributed by atoms with E-state index in [-0.39, 0.29) is 18.2 Å². The Balaban J connectivity index is 1.47. The molecule has 1 saturated heterocycles. The summed E-state index contributed by atoms with van der Waals surface area (Å²) in [5, 5.41) is 3.68. The third-order valence-electron chi connectivity index (χ3n) is 5.84. The number of aromatic nitrogens is 1. The number of ketones is 1. The van der Waals surface area contributed by atoms with Crippen LogP contribution in [0.3, 0.4) is 0 Å². The van der Waals surface area contributed by atoms with E-state index in [9.17, 15) is 14.4 Å². The summed E-state index contributed by atoms with van der Waals surface area (Å²) in [6.07, 6.45) is 3.88. The van der Waals surface area contributed by atoms with Gasteiger partial charge in [0, 0.05) is 22.7 Å². The van der Waals surface area contributed by atoms with Gasteiger partial charge in [0.15, 0.2) is 5.78 Å². The highest BCUT2D eigenvalue weighted by Crippen LogP contribution is 2.40. The second kappa shape index (κ2) is 6.05. The van der Waals surface area contributed by atoms with Crippen molar-refractivity contribution in [3.8, 4) is 0 Å². The first-order chi connectivity index (χ1) is 13.6. The Morgan fingerprint density at radius 1 is 1.07 bits per heavy atom. The number of rotatable bonds is 3. The van der Waals surface area contributed by atoms with Crippen LogP contribution in [0.5, 0.6) is 0 Å². The summed E-state index contributed by atoms with van der Waals surface area (Å²) in [6, 6.07) is 14.7. The molecule has 1 fully saturated rings. The number of carbonyl (C=O) groups excluding carboxylic acids is 3. The number of H-pyrrole nitrogens is 1. The van der Waals surface area contributed by atoms with Gasteiger partial charge in [0.1, 0.15) is 5.54 Å². The summed E-state index contributed by atoms with van der Waals surface area (Å²) >= 11 is 0. The molecule has 0 bridgehead atoms. The van der Waals surface area contributed by atoms with Crippen molar-refractivity contribution in [3.05, 3.63) is 71.4 Å². The van der Waals surface area contributed by atoms with Gasteiger partial charge in [0.25, 0.3) is 5.91 Å². The molecular weight excluding hydrogens is 354 g/mol. The minimum atomic E-state index is -1.05. The Bertz CT molecular complexity index is 1130. The van der Waals surface area contributed by atoms with Gasteiger partial charge >= 0.3 is 6.03 Å². The van der Waals surface area contributed by atoms with Gasteiger partial charge in [0.2, 0.25) is 0 Å². The zero-order valence-corrected chi connectivity index (χ0v) is 15.2. The molecule has 2 N–H and O–H groups in total. The number of hydrogen-bond acceptors (Lipinski definition) is 3. The van der Waals surface area contributed by atoms with Gasteiger partial charge in [-0.15, -0.1) is 0 Å². The maximum absolute atomic E-state index is 13.3. The van der Waals surface area contributed by atoms with Crippen molar-refractivity contribution in [2.24, 2.45) is 0 Å². The van der Waals surface area contributed by atoms with Gasteiger partial charge in [-0.25, -0.2) is 4.79 Å². The zero-order chi connectivity index (χ0) is 19.3. The lowest BCUT2D eigenvalue weighted by atomic mass is 9.76. The number of Topliss-reactive ketones (excluding diaryl/α,β-unsaturated/α-hetero) is 1. The third kappa shape index (κ3) is 2.30. The van der Waals surface area contributed by atoms with Gasteiger partial charge in [-0.05, 0) is 36.5 Å². The number of nitrogens with zero attached hydrogens (tertiary/aromatic N) is 1. The highest BCUT2D eigenvalue weighted by molar-refractivity contribution is 6.14. The maximum atomic E-state index is 13.3. The Morgan fingerprint density at radius 2 is 1.86 bits per heavy atom. The predicted octanol–water partition coefficient (Wildman–Crippen LogP) is 3.13. The molecule has 1 aromatic heterocycles. The first kappa shape index (κ1) is 16.7. The van der Waals surface area contributed by atoms with Gasteiger partial charge < -0.3 is 10.3 Å². The zero-order valence-electron chi connectivity index (χ0n) is 15.2. The van der Waals surface area contributed by atoms with Crippen molar-refractivity contribution in [1.82, 2.24) is 15.2 Å². The minimum absolute atomic E-state index is 0.262. The highest BCUT2D eigenvalue weighted by Gasteiger charge is 2.54. The first-order valence-corrected chi connectivity index (χ1v) is 9.42. The number of imide groups is 1. The number of aromatic amines is 1. The van der Waals surface area contributed by atoms with Crippen LogP contribution in [0.2, 0.25) is 0 Å². The van der Waals surface area contributed by atoms with Crippen LogP contribution in [-0.4, -0.2) is 34.2 Å². The fourth-order valence-corrected chi connectivity index (χ4v) is 4.49. The number of urea groups is 1. The molecule has 0 saturated carbocycles. The molecule has 2 aliphatic rings. The number of para-hydroxylation sites is 1. The van der Waals surface area contributed by atoms with Crippen molar-refractivity contribution in [2.45, 2.75) is 24.8 Å². The molecule has 1 aliphatic carbocycles. The number of hydrogen-bond donors (Lipinski definition) is 2. The average Bonchev–Trinajstić information content (AvgIpc) is 3.24. The number of fused-ring (bicyclic) bond motifs is 3. The van der Waals surface area contributed by atoms with E-state index in [1.54, 1.807) is 6.20 Å².